The summed E-state index contributed by atoms with van der Waals surface area (Å²) in [6.45, 7) is 0.851. The monoisotopic (exact) mass is 311 g/mol. The van der Waals surface area contributed by atoms with Gasteiger partial charge in [0, 0.05) is 12.6 Å². The van der Waals surface area contributed by atoms with Gasteiger partial charge < -0.3 is 10.3 Å². The molecule has 0 amide bonds. The lowest BCUT2D eigenvalue weighted by Gasteiger charge is -2.12. The lowest BCUT2D eigenvalue weighted by Crippen LogP contribution is -2.10. The molecule has 5 heteroatoms. The fourth-order valence-electron chi connectivity index (χ4n) is 2.78. The van der Waals surface area contributed by atoms with Crippen molar-refractivity contribution < 1.29 is 4.39 Å². The highest BCUT2D eigenvalue weighted by atomic mass is 79.9. The van der Waals surface area contributed by atoms with Crippen molar-refractivity contribution in [2.45, 2.75) is 32.2 Å². The number of nitrogen functional groups attached to an aromatic ring is 1. The Hall–Kier alpha value is -1.10. The van der Waals surface area contributed by atoms with Crippen LogP contribution in [-0.4, -0.2) is 9.55 Å². The number of hydrogen-bond donors (Lipinski definition) is 1. The molecule has 0 bridgehead atoms. The molecule has 0 radical (unpaired) electrons. The largest absolute Gasteiger partial charge is 0.369 e. The van der Waals surface area contributed by atoms with Crippen LogP contribution in [0.1, 0.15) is 25.7 Å². The summed E-state index contributed by atoms with van der Waals surface area (Å²) in [5, 5.41) is 0. The van der Waals surface area contributed by atoms with Crippen LogP contribution >= 0.6 is 15.9 Å². The lowest BCUT2D eigenvalue weighted by molar-refractivity contribution is 0.467. The SMILES string of the molecule is Nc1nc2cc(Br)c(F)cc2n1CC1CCCC1. The van der Waals surface area contributed by atoms with E-state index in [0.29, 0.717) is 16.3 Å². The number of hydrogen-bond acceptors (Lipinski definition) is 2. The summed E-state index contributed by atoms with van der Waals surface area (Å²) in [4.78, 5) is 4.30. The number of fused-ring (bicyclic) bond motifs is 1. The number of benzene rings is 1. The summed E-state index contributed by atoms with van der Waals surface area (Å²) in [5.74, 6) is 0.862. The molecule has 0 atom stereocenters. The van der Waals surface area contributed by atoms with Gasteiger partial charge in [0.15, 0.2) is 0 Å². The van der Waals surface area contributed by atoms with Crippen LogP contribution in [0.2, 0.25) is 0 Å². The molecule has 1 heterocycles. The van der Waals surface area contributed by atoms with Crippen LogP contribution in [0.3, 0.4) is 0 Å². The van der Waals surface area contributed by atoms with Crippen LogP contribution in [0, 0.1) is 11.7 Å². The molecule has 1 aromatic heterocycles. The Morgan fingerprint density at radius 2 is 2.11 bits per heavy atom. The second-order valence-electron chi connectivity index (χ2n) is 4.99. The Balaban J connectivity index is 2.04. The van der Waals surface area contributed by atoms with Gasteiger partial charge in [-0.05, 0) is 40.8 Å². The van der Waals surface area contributed by atoms with Gasteiger partial charge in [-0.25, -0.2) is 9.37 Å². The first-order chi connectivity index (χ1) is 8.65. The molecular weight excluding hydrogens is 297 g/mol. The molecule has 3 rings (SSSR count). The molecule has 1 aromatic carbocycles. The van der Waals surface area contributed by atoms with Crippen LogP contribution < -0.4 is 5.73 Å². The highest BCUT2D eigenvalue weighted by molar-refractivity contribution is 9.10. The van der Waals surface area contributed by atoms with Gasteiger partial charge in [-0.3, -0.25) is 0 Å². The van der Waals surface area contributed by atoms with E-state index in [1.165, 1.54) is 31.7 Å². The molecule has 0 spiro atoms. The normalized spacial score (nSPS) is 16.8. The second-order valence-corrected chi connectivity index (χ2v) is 5.84. The van der Waals surface area contributed by atoms with Crippen LogP contribution in [0.5, 0.6) is 0 Å². The Morgan fingerprint density at radius 3 is 2.83 bits per heavy atom. The number of aromatic nitrogens is 2. The van der Waals surface area contributed by atoms with Crippen molar-refractivity contribution in [1.82, 2.24) is 9.55 Å². The van der Waals surface area contributed by atoms with Crippen LogP contribution in [-0.2, 0) is 6.54 Å². The topological polar surface area (TPSA) is 43.8 Å². The summed E-state index contributed by atoms with van der Waals surface area (Å²) in [7, 11) is 0. The number of halogens is 2. The summed E-state index contributed by atoms with van der Waals surface area (Å²) in [5.41, 5.74) is 7.49. The molecule has 1 fully saturated rings. The third-order valence-electron chi connectivity index (χ3n) is 3.74. The zero-order chi connectivity index (χ0) is 12.7. The Kier molecular flexibility index (Phi) is 3.01. The molecule has 96 valence electrons. The first-order valence-corrected chi connectivity index (χ1v) is 7.05. The molecule has 0 aliphatic heterocycles. The second kappa shape index (κ2) is 4.53. The number of imidazole rings is 1. The molecule has 2 N–H and O–H groups in total. The molecule has 3 nitrogen and oxygen atoms in total. The summed E-state index contributed by atoms with van der Waals surface area (Å²) < 4.78 is 16.0. The van der Waals surface area contributed by atoms with Crippen LogP contribution in [0.4, 0.5) is 10.3 Å². The highest BCUT2D eigenvalue weighted by Gasteiger charge is 2.19. The average Bonchev–Trinajstić information content (AvgIpc) is 2.92. The molecule has 1 aliphatic carbocycles. The van der Waals surface area contributed by atoms with Gasteiger partial charge in [-0.15, -0.1) is 0 Å². The smallest absolute Gasteiger partial charge is 0.201 e. The molecule has 1 aliphatic rings. The maximum atomic E-state index is 13.6. The Labute approximate surface area is 113 Å². The van der Waals surface area contributed by atoms with Crippen molar-refractivity contribution >= 4 is 32.9 Å². The van der Waals surface area contributed by atoms with Crippen LogP contribution in [0.25, 0.3) is 11.0 Å². The van der Waals surface area contributed by atoms with E-state index in [2.05, 4.69) is 20.9 Å². The van der Waals surface area contributed by atoms with Gasteiger partial charge in [0.05, 0.1) is 15.5 Å². The number of nitrogens with two attached hydrogens (primary N) is 1. The van der Waals surface area contributed by atoms with E-state index in [1.54, 1.807) is 6.07 Å². The molecular formula is C13H15BrFN3. The molecule has 2 aromatic rings. The van der Waals surface area contributed by atoms with Crippen LogP contribution in [0.15, 0.2) is 16.6 Å². The van der Waals surface area contributed by atoms with E-state index < -0.39 is 0 Å². The third-order valence-corrected chi connectivity index (χ3v) is 4.34. The number of nitrogens with zero attached hydrogens (tertiary/aromatic N) is 2. The first kappa shape index (κ1) is 12.0. The van der Waals surface area contributed by atoms with Crippen molar-refractivity contribution in [2.75, 3.05) is 5.73 Å². The predicted octanol–water partition coefficient (Wildman–Crippen LogP) is 3.71. The fraction of sp³-hybridized carbons (Fsp3) is 0.462. The number of rotatable bonds is 2. The minimum Gasteiger partial charge on any atom is -0.369 e. The average molecular weight is 312 g/mol. The van der Waals surface area contributed by atoms with Crippen molar-refractivity contribution in [3.8, 4) is 0 Å². The molecule has 0 saturated heterocycles. The van der Waals surface area contributed by atoms with Gasteiger partial charge in [-0.1, -0.05) is 12.8 Å². The van der Waals surface area contributed by atoms with E-state index >= 15 is 0 Å². The van der Waals surface area contributed by atoms with Gasteiger partial charge in [0.25, 0.3) is 0 Å². The number of anilines is 1. The van der Waals surface area contributed by atoms with Gasteiger partial charge in [0.2, 0.25) is 5.95 Å². The van der Waals surface area contributed by atoms with Gasteiger partial charge in [0.1, 0.15) is 5.82 Å². The van der Waals surface area contributed by atoms with E-state index in [9.17, 15) is 4.39 Å². The lowest BCUT2D eigenvalue weighted by atomic mass is 10.1. The molecule has 18 heavy (non-hydrogen) atoms. The van der Waals surface area contributed by atoms with Crippen molar-refractivity contribution in [3.05, 3.63) is 22.4 Å². The summed E-state index contributed by atoms with van der Waals surface area (Å²) in [6, 6.07) is 3.20. The minimum atomic E-state index is -0.268. The van der Waals surface area contributed by atoms with Crippen molar-refractivity contribution in [2.24, 2.45) is 5.92 Å². The van der Waals surface area contributed by atoms with Crippen molar-refractivity contribution in [1.29, 1.82) is 0 Å². The standard InChI is InChI=1S/C13H15BrFN3/c14-9-5-11-12(6-10(9)15)18(13(16)17-11)7-8-3-1-2-4-8/h5-6,8H,1-4,7H2,(H2,16,17). The predicted molar refractivity (Wildman–Crippen MR) is 73.8 cm³/mol. The molecule has 0 unspecified atom stereocenters. The third kappa shape index (κ3) is 2.00. The maximum absolute atomic E-state index is 13.6. The van der Waals surface area contributed by atoms with E-state index in [4.69, 9.17) is 5.73 Å². The van der Waals surface area contributed by atoms with E-state index in [0.717, 1.165) is 17.6 Å². The zero-order valence-electron chi connectivity index (χ0n) is 10.00. The highest BCUT2D eigenvalue weighted by Crippen LogP contribution is 2.30. The summed E-state index contributed by atoms with van der Waals surface area (Å²) in [6.07, 6.45) is 5.05. The Morgan fingerprint density at radius 1 is 1.39 bits per heavy atom. The molecule has 1 saturated carbocycles. The quantitative estimate of drug-likeness (QED) is 0.918. The van der Waals surface area contributed by atoms with Crippen molar-refractivity contribution in [3.63, 3.8) is 0 Å². The Bertz CT molecular complexity index is 587. The zero-order valence-corrected chi connectivity index (χ0v) is 11.6. The maximum Gasteiger partial charge on any atom is 0.201 e. The van der Waals surface area contributed by atoms with E-state index in [1.807, 2.05) is 4.57 Å². The summed E-state index contributed by atoms with van der Waals surface area (Å²) >= 11 is 3.17. The van der Waals surface area contributed by atoms with Gasteiger partial charge >= 0.3 is 0 Å². The first-order valence-electron chi connectivity index (χ1n) is 6.26. The van der Waals surface area contributed by atoms with Gasteiger partial charge in [-0.2, -0.15) is 0 Å². The van der Waals surface area contributed by atoms with E-state index in [-0.39, 0.29) is 5.82 Å². The minimum absolute atomic E-state index is 0.268. The fourth-order valence-corrected chi connectivity index (χ4v) is 3.11.